The molecule has 0 bridgehead atoms. The summed E-state index contributed by atoms with van der Waals surface area (Å²) in [6.07, 6.45) is 0.947. The van der Waals surface area contributed by atoms with Crippen LogP contribution in [0.4, 0.5) is 0 Å². The van der Waals surface area contributed by atoms with Crippen LogP contribution < -0.4 is 10.1 Å². The molecule has 0 spiro atoms. The Labute approximate surface area is 104 Å². The summed E-state index contributed by atoms with van der Waals surface area (Å²) >= 11 is 0. The van der Waals surface area contributed by atoms with Gasteiger partial charge in [0.25, 0.3) is 11.8 Å². The molecule has 18 heavy (non-hydrogen) atoms. The number of methoxy groups -OCH3 is 1. The van der Waals surface area contributed by atoms with Crippen molar-refractivity contribution in [3.05, 3.63) is 11.8 Å². The quantitative estimate of drug-likeness (QED) is 0.789. The highest BCUT2D eigenvalue weighted by Crippen LogP contribution is 2.16. The molecule has 1 unspecified atom stereocenters. The van der Waals surface area contributed by atoms with Crippen LogP contribution in [0.2, 0.25) is 0 Å². The molecule has 0 saturated carbocycles. The summed E-state index contributed by atoms with van der Waals surface area (Å²) in [6.45, 7) is 3.29. The lowest BCUT2D eigenvalue weighted by atomic mass is 9.96. The van der Waals surface area contributed by atoms with Gasteiger partial charge in [-0.3, -0.25) is 4.79 Å². The van der Waals surface area contributed by atoms with E-state index < -0.39 is 17.4 Å². The number of carboxylic acids is 1. The highest BCUT2D eigenvalue weighted by Gasteiger charge is 2.35. The summed E-state index contributed by atoms with van der Waals surface area (Å²) in [5.41, 5.74) is -1.33. The van der Waals surface area contributed by atoms with Gasteiger partial charge < -0.3 is 19.7 Å². The lowest BCUT2D eigenvalue weighted by Gasteiger charge is -2.24. The molecule has 1 amide bonds. The summed E-state index contributed by atoms with van der Waals surface area (Å²) in [7, 11) is 1.39. The molecule has 0 aliphatic carbocycles. The minimum Gasteiger partial charge on any atom is -0.480 e. The minimum atomic E-state index is -1.33. The summed E-state index contributed by atoms with van der Waals surface area (Å²) in [6, 6.07) is 1.30. The molecule has 7 nitrogen and oxygen atoms in total. The molecular formula is C11H16N2O5. The van der Waals surface area contributed by atoms with Crippen molar-refractivity contribution in [3.63, 3.8) is 0 Å². The van der Waals surface area contributed by atoms with Crippen LogP contribution in [0.25, 0.3) is 0 Å². The predicted octanol–water partition coefficient (Wildman–Crippen LogP) is 1.06. The Kier molecular flexibility index (Phi) is 4.30. The molecule has 1 aromatic heterocycles. The van der Waals surface area contributed by atoms with Gasteiger partial charge in [-0.2, -0.15) is 0 Å². The lowest BCUT2D eigenvalue weighted by Crippen LogP contribution is -2.52. The molecule has 7 heteroatoms. The fourth-order valence-electron chi connectivity index (χ4n) is 1.50. The molecule has 0 saturated heterocycles. The van der Waals surface area contributed by atoms with Gasteiger partial charge in [-0.05, 0) is 18.5 Å². The summed E-state index contributed by atoms with van der Waals surface area (Å²) in [4.78, 5) is 23.0. The van der Waals surface area contributed by atoms with E-state index in [9.17, 15) is 9.59 Å². The second-order valence-electron chi connectivity index (χ2n) is 4.07. The number of carbonyl (C=O) groups is 2. The van der Waals surface area contributed by atoms with E-state index in [1.807, 2.05) is 6.92 Å². The van der Waals surface area contributed by atoms with Crippen LogP contribution in [0, 0.1) is 0 Å². The molecule has 0 fully saturated rings. The van der Waals surface area contributed by atoms with Crippen molar-refractivity contribution in [2.75, 3.05) is 7.11 Å². The SMILES string of the molecule is CCCC(C)(NC(=O)c1cc(OC)no1)C(=O)O. The first-order valence-electron chi connectivity index (χ1n) is 5.49. The first-order chi connectivity index (χ1) is 8.42. The van der Waals surface area contributed by atoms with Crippen molar-refractivity contribution in [1.29, 1.82) is 0 Å². The van der Waals surface area contributed by atoms with Crippen LogP contribution in [0.15, 0.2) is 10.6 Å². The molecule has 1 atom stereocenters. The number of amides is 1. The van der Waals surface area contributed by atoms with Crippen LogP contribution >= 0.6 is 0 Å². The predicted molar refractivity (Wildman–Crippen MR) is 61.5 cm³/mol. The Hall–Kier alpha value is -2.05. The van der Waals surface area contributed by atoms with E-state index in [4.69, 9.17) is 14.4 Å². The Morgan fingerprint density at radius 2 is 2.28 bits per heavy atom. The van der Waals surface area contributed by atoms with Gasteiger partial charge in [-0.15, -0.1) is 0 Å². The third-order valence-corrected chi connectivity index (χ3v) is 2.53. The summed E-state index contributed by atoms with van der Waals surface area (Å²) in [5.74, 6) is -1.66. The Morgan fingerprint density at radius 3 is 2.72 bits per heavy atom. The molecule has 1 heterocycles. The Bertz CT molecular complexity index is 442. The van der Waals surface area contributed by atoms with Crippen LogP contribution in [0.1, 0.15) is 37.2 Å². The van der Waals surface area contributed by atoms with E-state index >= 15 is 0 Å². The number of nitrogens with one attached hydrogen (secondary N) is 1. The zero-order valence-corrected chi connectivity index (χ0v) is 10.5. The molecular weight excluding hydrogens is 240 g/mol. The lowest BCUT2D eigenvalue weighted by molar-refractivity contribution is -0.144. The standard InChI is InChI=1S/C11H16N2O5/c1-4-5-11(2,10(15)16)12-9(14)7-6-8(17-3)13-18-7/h6H,4-5H2,1-3H3,(H,12,14)(H,15,16). The van der Waals surface area contributed by atoms with Crippen molar-refractivity contribution >= 4 is 11.9 Å². The summed E-state index contributed by atoms with van der Waals surface area (Å²) in [5, 5.41) is 15.0. The van der Waals surface area contributed by atoms with E-state index in [0.29, 0.717) is 12.8 Å². The second-order valence-corrected chi connectivity index (χ2v) is 4.07. The molecule has 0 aliphatic rings. The van der Waals surface area contributed by atoms with Crippen molar-refractivity contribution in [1.82, 2.24) is 10.5 Å². The molecule has 1 rings (SSSR count). The Balaban J connectivity index is 2.81. The number of carbonyl (C=O) groups excluding carboxylic acids is 1. The Morgan fingerprint density at radius 1 is 1.61 bits per heavy atom. The number of aliphatic carboxylic acids is 1. The highest BCUT2D eigenvalue weighted by molar-refractivity contribution is 5.95. The van der Waals surface area contributed by atoms with Crippen LogP contribution in [-0.4, -0.2) is 34.8 Å². The van der Waals surface area contributed by atoms with Gasteiger partial charge in [0, 0.05) is 0 Å². The fourth-order valence-corrected chi connectivity index (χ4v) is 1.50. The number of hydrogen-bond acceptors (Lipinski definition) is 5. The zero-order chi connectivity index (χ0) is 13.8. The summed E-state index contributed by atoms with van der Waals surface area (Å²) < 4.78 is 9.51. The van der Waals surface area contributed by atoms with Crippen molar-refractivity contribution < 1.29 is 24.0 Å². The monoisotopic (exact) mass is 256 g/mol. The maximum Gasteiger partial charge on any atom is 0.329 e. The molecule has 0 radical (unpaired) electrons. The second kappa shape index (κ2) is 5.52. The number of aromatic nitrogens is 1. The third-order valence-electron chi connectivity index (χ3n) is 2.53. The first kappa shape index (κ1) is 14.0. The number of rotatable bonds is 6. The van der Waals surface area contributed by atoms with E-state index in [0.717, 1.165) is 0 Å². The van der Waals surface area contributed by atoms with Crippen molar-refractivity contribution in [2.24, 2.45) is 0 Å². The molecule has 0 aliphatic heterocycles. The molecule has 1 aromatic rings. The highest BCUT2D eigenvalue weighted by atomic mass is 16.5. The molecule has 2 N–H and O–H groups in total. The maximum absolute atomic E-state index is 11.8. The van der Waals surface area contributed by atoms with Gasteiger partial charge >= 0.3 is 5.97 Å². The van der Waals surface area contributed by atoms with Gasteiger partial charge in [-0.1, -0.05) is 13.3 Å². The van der Waals surface area contributed by atoms with Crippen LogP contribution in [-0.2, 0) is 4.79 Å². The molecule has 0 aromatic carbocycles. The topological polar surface area (TPSA) is 102 Å². The van der Waals surface area contributed by atoms with Gasteiger partial charge in [0.15, 0.2) is 0 Å². The number of nitrogens with zero attached hydrogens (tertiary/aromatic N) is 1. The third kappa shape index (κ3) is 2.99. The number of hydrogen-bond donors (Lipinski definition) is 2. The smallest absolute Gasteiger partial charge is 0.329 e. The van der Waals surface area contributed by atoms with E-state index in [-0.39, 0.29) is 11.6 Å². The number of ether oxygens (including phenoxy) is 1. The zero-order valence-electron chi connectivity index (χ0n) is 10.5. The van der Waals surface area contributed by atoms with Gasteiger partial charge in [-0.25, -0.2) is 4.79 Å². The maximum atomic E-state index is 11.8. The van der Waals surface area contributed by atoms with E-state index in [1.165, 1.54) is 20.1 Å². The minimum absolute atomic E-state index is 0.0876. The van der Waals surface area contributed by atoms with Crippen LogP contribution in [0.3, 0.4) is 0 Å². The van der Waals surface area contributed by atoms with Crippen molar-refractivity contribution in [2.45, 2.75) is 32.2 Å². The molecule has 100 valence electrons. The number of carboxylic acid groups (broad SMARTS) is 1. The largest absolute Gasteiger partial charge is 0.480 e. The first-order valence-corrected chi connectivity index (χ1v) is 5.49. The van der Waals surface area contributed by atoms with Gasteiger partial charge in [0.2, 0.25) is 5.76 Å². The van der Waals surface area contributed by atoms with Gasteiger partial charge in [0.05, 0.1) is 13.2 Å². The average Bonchev–Trinajstić information content (AvgIpc) is 2.77. The average molecular weight is 256 g/mol. The normalized spacial score (nSPS) is 13.7. The van der Waals surface area contributed by atoms with E-state index in [1.54, 1.807) is 0 Å². The fraction of sp³-hybridized carbons (Fsp3) is 0.545. The van der Waals surface area contributed by atoms with E-state index in [2.05, 4.69) is 10.5 Å². The van der Waals surface area contributed by atoms with Crippen LogP contribution in [0.5, 0.6) is 5.88 Å². The van der Waals surface area contributed by atoms with Crippen molar-refractivity contribution in [3.8, 4) is 5.88 Å². The van der Waals surface area contributed by atoms with Gasteiger partial charge in [0.1, 0.15) is 5.54 Å².